The lowest BCUT2D eigenvalue weighted by molar-refractivity contribution is -0.135. The molecule has 0 bridgehead atoms. The fraction of sp³-hybridized carbons (Fsp3) is 0.368. The van der Waals surface area contributed by atoms with Crippen LogP contribution < -0.4 is 10.9 Å². The monoisotopic (exact) mass is 418 g/mol. The van der Waals surface area contributed by atoms with Gasteiger partial charge < -0.3 is 10.2 Å². The summed E-state index contributed by atoms with van der Waals surface area (Å²) in [7, 11) is 1.55. The molecule has 0 aliphatic rings. The van der Waals surface area contributed by atoms with Crippen LogP contribution in [-0.2, 0) is 16.1 Å². The normalized spacial score (nSPS) is 11.0. The Labute approximate surface area is 170 Å². The molecule has 0 aromatic carbocycles. The molecule has 148 valence electrons. The van der Waals surface area contributed by atoms with Crippen molar-refractivity contribution in [1.29, 1.82) is 0 Å². The molecule has 0 fully saturated rings. The summed E-state index contributed by atoms with van der Waals surface area (Å²) in [5.41, 5.74) is 0.606. The summed E-state index contributed by atoms with van der Waals surface area (Å²) < 4.78 is 1.31. The molecule has 7 nitrogen and oxygen atoms in total. The smallest absolute Gasteiger partial charge is 0.263 e. The second-order valence-corrected chi connectivity index (χ2v) is 8.66. The van der Waals surface area contributed by atoms with Crippen LogP contribution in [0.3, 0.4) is 0 Å². The zero-order valence-corrected chi connectivity index (χ0v) is 17.7. The van der Waals surface area contributed by atoms with Gasteiger partial charge in [0.25, 0.3) is 5.56 Å². The number of hydrogen-bond acceptors (Lipinski definition) is 6. The molecule has 0 radical (unpaired) electrons. The van der Waals surface area contributed by atoms with Crippen LogP contribution in [0.1, 0.15) is 18.2 Å². The highest BCUT2D eigenvalue weighted by Gasteiger charge is 2.18. The lowest BCUT2D eigenvalue weighted by Gasteiger charge is -2.17. The largest absolute Gasteiger partial charge is 0.355 e. The van der Waals surface area contributed by atoms with E-state index in [2.05, 4.69) is 10.3 Å². The van der Waals surface area contributed by atoms with Gasteiger partial charge in [-0.3, -0.25) is 19.0 Å². The van der Waals surface area contributed by atoms with Crippen LogP contribution >= 0.6 is 22.7 Å². The van der Waals surface area contributed by atoms with Crippen molar-refractivity contribution in [3.05, 3.63) is 39.1 Å². The third-order valence-electron chi connectivity index (χ3n) is 4.25. The Morgan fingerprint density at radius 1 is 1.32 bits per heavy atom. The number of rotatable bonds is 7. The van der Waals surface area contributed by atoms with Gasteiger partial charge in [-0.25, -0.2) is 4.98 Å². The number of fused-ring (bicyclic) bond motifs is 1. The van der Waals surface area contributed by atoms with Crippen molar-refractivity contribution in [2.75, 3.05) is 20.1 Å². The number of likely N-dealkylation sites (N-methyl/N-ethyl adjacent to an activating group) is 1. The third kappa shape index (κ3) is 4.31. The minimum Gasteiger partial charge on any atom is -0.355 e. The highest BCUT2D eigenvalue weighted by Crippen LogP contribution is 2.34. The van der Waals surface area contributed by atoms with Crippen molar-refractivity contribution in [3.8, 4) is 10.4 Å². The van der Waals surface area contributed by atoms with Crippen molar-refractivity contribution in [2.45, 2.75) is 26.8 Å². The predicted molar refractivity (Wildman–Crippen MR) is 113 cm³/mol. The summed E-state index contributed by atoms with van der Waals surface area (Å²) >= 11 is 3.03. The number of nitrogens with zero attached hydrogens (tertiary/aromatic N) is 3. The summed E-state index contributed by atoms with van der Waals surface area (Å²) in [6.07, 6.45) is 2.23. The van der Waals surface area contributed by atoms with Crippen LogP contribution in [0.4, 0.5) is 0 Å². The minimum absolute atomic E-state index is 0.0402. The number of aromatic nitrogens is 2. The van der Waals surface area contributed by atoms with Gasteiger partial charge in [-0.1, -0.05) is 6.92 Å². The predicted octanol–water partition coefficient (Wildman–Crippen LogP) is 2.48. The Hall–Kier alpha value is -2.52. The van der Waals surface area contributed by atoms with E-state index in [0.717, 1.165) is 21.7 Å². The lowest BCUT2D eigenvalue weighted by Crippen LogP contribution is -2.41. The number of carbonyl (C=O) groups is 2. The Morgan fingerprint density at radius 2 is 2.11 bits per heavy atom. The average molecular weight is 419 g/mol. The van der Waals surface area contributed by atoms with E-state index < -0.39 is 0 Å². The summed E-state index contributed by atoms with van der Waals surface area (Å²) in [6.45, 7) is 4.36. The first kappa shape index (κ1) is 20.2. The molecule has 0 atom stereocenters. The van der Waals surface area contributed by atoms with Gasteiger partial charge in [0.05, 0.1) is 18.3 Å². The van der Waals surface area contributed by atoms with Crippen molar-refractivity contribution in [2.24, 2.45) is 0 Å². The number of thiophene rings is 2. The van der Waals surface area contributed by atoms with Crippen molar-refractivity contribution >= 4 is 44.7 Å². The summed E-state index contributed by atoms with van der Waals surface area (Å²) in [6, 6.07) is 4.01. The molecule has 2 amide bonds. The van der Waals surface area contributed by atoms with Gasteiger partial charge in [0.2, 0.25) is 11.8 Å². The molecule has 28 heavy (non-hydrogen) atoms. The molecule has 3 aromatic heterocycles. The van der Waals surface area contributed by atoms with E-state index in [0.29, 0.717) is 16.8 Å². The number of aryl methyl sites for hydroxylation is 1. The van der Waals surface area contributed by atoms with E-state index in [-0.39, 0.29) is 30.5 Å². The van der Waals surface area contributed by atoms with Gasteiger partial charge in [0.1, 0.15) is 11.4 Å². The van der Waals surface area contributed by atoms with Crippen molar-refractivity contribution in [3.63, 3.8) is 0 Å². The number of hydrogen-bond donors (Lipinski definition) is 1. The first-order chi connectivity index (χ1) is 13.4. The van der Waals surface area contributed by atoms with Gasteiger partial charge in [-0.05, 0) is 25.5 Å². The quantitative estimate of drug-likeness (QED) is 0.639. The summed E-state index contributed by atoms with van der Waals surface area (Å²) in [5, 5.41) is 5.19. The number of amides is 2. The molecule has 0 aliphatic heterocycles. The second kappa shape index (κ2) is 8.66. The van der Waals surface area contributed by atoms with Crippen LogP contribution in [0.5, 0.6) is 0 Å². The van der Waals surface area contributed by atoms with E-state index in [1.807, 2.05) is 31.4 Å². The van der Waals surface area contributed by atoms with E-state index in [1.165, 1.54) is 27.1 Å². The molecule has 3 aromatic rings. The summed E-state index contributed by atoms with van der Waals surface area (Å²) in [5.74, 6) is -0.537. The van der Waals surface area contributed by atoms with E-state index in [9.17, 15) is 14.4 Å². The fourth-order valence-corrected chi connectivity index (χ4v) is 4.59. The maximum atomic E-state index is 13.0. The summed E-state index contributed by atoms with van der Waals surface area (Å²) in [4.78, 5) is 45.8. The molecular formula is C19H22N4O3S2. The number of carbonyl (C=O) groups excluding carboxylic acids is 2. The first-order valence-corrected chi connectivity index (χ1v) is 10.6. The van der Waals surface area contributed by atoms with Crippen molar-refractivity contribution < 1.29 is 9.59 Å². The Bertz CT molecular complexity index is 1070. The highest BCUT2D eigenvalue weighted by molar-refractivity contribution is 7.19. The van der Waals surface area contributed by atoms with Crippen LogP contribution in [0.15, 0.2) is 28.6 Å². The van der Waals surface area contributed by atoms with Gasteiger partial charge in [-0.2, -0.15) is 0 Å². The molecule has 3 heterocycles. The highest BCUT2D eigenvalue weighted by atomic mass is 32.1. The van der Waals surface area contributed by atoms with Gasteiger partial charge in [0.15, 0.2) is 0 Å². The van der Waals surface area contributed by atoms with Gasteiger partial charge in [0, 0.05) is 34.3 Å². The topological polar surface area (TPSA) is 84.3 Å². The second-order valence-electron chi connectivity index (χ2n) is 6.52. The minimum atomic E-state index is -0.321. The zero-order chi connectivity index (χ0) is 20.3. The molecule has 0 saturated heterocycles. The first-order valence-electron chi connectivity index (χ1n) is 8.94. The molecular weight excluding hydrogens is 396 g/mol. The molecule has 9 heteroatoms. The lowest BCUT2D eigenvalue weighted by atomic mass is 10.2. The standard InChI is InChI=1S/C19H22N4O3S2/c1-4-7-20-15(24)8-22(3)16(25)9-23-11-21-18-17(19(23)26)13(10-27-18)14-6-5-12(2)28-14/h5-6,10-11H,4,7-9H2,1-3H3,(H,20,24). The SMILES string of the molecule is CCCNC(=O)CN(C)C(=O)Cn1cnc2scc(-c3ccc(C)s3)c2c1=O. The van der Waals surface area contributed by atoms with Crippen LogP contribution in [0.2, 0.25) is 0 Å². The Balaban J connectivity index is 1.82. The molecule has 0 saturated carbocycles. The molecule has 0 unspecified atom stereocenters. The average Bonchev–Trinajstić information content (AvgIpc) is 3.28. The van der Waals surface area contributed by atoms with Gasteiger partial charge >= 0.3 is 0 Å². The third-order valence-corrected chi connectivity index (χ3v) is 6.17. The van der Waals surface area contributed by atoms with E-state index >= 15 is 0 Å². The molecule has 0 aliphatic carbocycles. The fourth-order valence-electron chi connectivity index (χ4n) is 2.73. The van der Waals surface area contributed by atoms with E-state index in [4.69, 9.17) is 0 Å². The number of nitrogens with one attached hydrogen (secondary N) is 1. The van der Waals surface area contributed by atoms with Crippen LogP contribution in [0.25, 0.3) is 20.7 Å². The van der Waals surface area contributed by atoms with Crippen LogP contribution in [0, 0.1) is 6.92 Å². The van der Waals surface area contributed by atoms with Crippen LogP contribution in [-0.4, -0.2) is 46.4 Å². The Morgan fingerprint density at radius 3 is 2.79 bits per heavy atom. The molecule has 3 rings (SSSR count). The molecule has 1 N–H and O–H groups in total. The Kier molecular flexibility index (Phi) is 6.25. The molecule has 0 spiro atoms. The maximum Gasteiger partial charge on any atom is 0.263 e. The zero-order valence-electron chi connectivity index (χ0n) is 16.0. The van der Waals surface area contributed by atoms with Crippen molar-refractivity contribution in [1.82, 2.24) is 19.8 Å². The van der Waals surface area contributed by atoms with Gasteiger partial charge in [-0.15, -0.1) is 22.7 Å². The maximum absolute atomic E-state index is 13.0. The van der Waals surface area contributed by atoms with E-state index in [1.54, 1.807) is 18.4 Å².